The zero-order chi connectivity index (χ0) is 8.04. The van der Waals surface area contributed by atoms with Gasteiger partial charge in [0.2, 0.25) is 0 Å². The lowest BCUT2D eigenvalue weighted by Crippen LogP contribution is -2.33. The van der Waals surface area contributed by atoms with Crippen LogP contribution in [-0.2, 0) is 9.47 Å². The van der Waals surface area contributed by atoms with E-state index >= 15 is 0 Å². The van der Waals surface area contributed by atoms with Crippen molar-refractivity contribution < 1.29 is 14.6 Å². The van der Waals surface area contributed by atoms with Crippen molar-refractivity contribution in [1.29, 1.82) is 0 Å². The highest BCUT2D eigenvalue weighted by atomic mass is 16.8. The maximum absolute atomic E-state index is 9.26. The first-order chi connectivity index (χ1) is 4.68. The molecule has 60 valence electrons. The van der Waals surface area contributed by atoms with E-state index in [-0.39, 0.29) is 0 Å². The minimum absolute atomic E-state index is 0.391. The molecule has 0 saturated heterocycles. The first-order valence-electron chi connectivity index (χ1n) is 3.32. The minimum atomic E-state index is -1.59. The van der Waals surface area contributed by atoms with Crippen LogP contribution in [0.15, 0.2) is 12.7 Å². The van der Waals surface area contributed by atoms with Crippen LogP contribution in [0.25, 0.3) is 0 Å². The van der Waals surface area contributed by atoms with Gasteiger partial charge in [-0.05, 0) is 19.9 Å². The predicted molar refractivity (Wildman–Crippen MR) is 38.4 cm³/mol. The normalized spacial score (nSPS) is 11.5. The molecule has 3 nitrogen and oxygen atoms in total. The molecule has 0 rings (SSSR count). The van der Waals surface area contributed by atoms with Gasteiger partial charge in [0.05, 0.1) is 0 Å². The zero-order valence-corrected chi connectivity index (χ0v) is 6.46. The van der Waals surface area contributed by atoms with E-state index in [1.54, 1.807) is 13.8 Å². The molecule has 3 heteroatoms. The fourth-order valence-corrected chi connectivity index (χ4v) is 0.573. The van der Waals surface area contributed by atoms with Crippen LogP contribution < -0.4 is 0 Å². The highest BCUT2D eigenvalue weighted by Gasteiger charge is 2.22. The van der Waals surface area contributed by atoms with Gasteiger partial charge >= 0.3 is 5.97 Å². The van der Waals surface area contributed by atoms with Gasteiger partial charge in [0.1, 0.15) is 0 Å². The van der Waals surface area contributed by atoms with Crippen molar-refractivity contribution in [1.82, 2.24) is 0 Å². The van der Waals surface area contributed by atoms with Gasteiger partial charge in [-0.2, -0.15) is 0 Å². The molecule has 1 N–H and O–H groups in total. The van der Waals surface area contributed by atoms with Crippen molar-refractivity contribution in [2.45, 2.75) is 19.8 Å². The average Bonchev–Trinajstić information content (AvgIpc) is 1.89. The fourth-order valence-electron chi connectivity index (χ4n) is 0.573. The maximum Gasteiger partial charge on any atom is 0.301 e. The quantitative estimate of drug-likeness (QED) is 0.462. The van der Waals surface area contributed by atoms with E-state index in [1.807, 2.05) is 0 Å². The molecule has 0 amide bonds. The zero-order valence-electron chi connectivity index (χ0n) is 6.46. The molecule has 0 spiro atoms. The van der Waals surface area contributed by atoms with E-state index in [9.17, 15) is 5.11 Å². The lowest BCUT2D eigenvalue weighted by Gasteiger charge is -2.22. The van der Waals surface area contributed by atoms with Crippen molar-refractivity contribution in [2.75, 3.05) is 13.2 Å². The summed E-state index contributed by atoms with van der Waals surface area (Å²) < 4.78 is 9.67. The molecule has 0 fully saturated rings. The van der Waals surface area contributed by atoms with E-state index in [2.05, 4.69) is 6.58 Å². The third kappa shape index (κ3) is 2.96. The summed E-state index contributed by atoms with van der Waals surface area (Å²) in [5.41, 5.74) is 0. The van der Waals surface area contributed by atoms with Crippen molar-refractivity contribution in [3.63, 3.8) is 0 Å². The number of hydrogen-bond donors (Lipinski definition) is 1. The monoisotopic (exact) mass is 146 g/mol. The summed E-state index contributed by atoms with van der Waals surface area (Å²) in [6.45, 7) is 7.70. The number of rotatable bonds is 5. The second kappa shape index (κ2) is 4.44. The van der Waals surface area contributed by atoms with Crippen molar-refractivity contribution in [3.8, 4) is 0 Å². The number of ether oxygens (including phenoxy) is 2. The van der Waals surface area contributed by atoms with Crippen LogP contribution in [0.2, 0.25) is 0 Å². The Morgan fingerprint density at radius 1 is 1.40 bits per heavy atom. The molecule has 0 unspecified atom stereocenters. The van der Waals surface area contributed by atoms with E-state index < -0.39 is 5.97 Å². The van der Waals surface area contributed by atoms with Gasteiger partial charge in [0, 0.05) is 13.2 Å². The summed E-state index contributed by atoms with van der Waals surface area (Å²) in [5, 5.41) is 9.26. The largest absolute Gasteiger partial charge is 0.340 e. The van der Waals surface area contributed by atoms with Crippen LogP contribution in [0.1, 0.15) is 13.8 Å². The van der Waals surface area contributed by atoms with Gasteiger partial charge in [-0.25, -0.2) is 0 Å². The molecule has 0 aromatic rings. The van der Waals surface area contributed by atoms with Crippen LogP contribution in [0.4, 0.5) is 0 Å². The van der Waals surface area contributed by atoms with Gasteiger partial charge < -0.3 is 14.6 Å². The molecule has 0 aliphatic carbocycles. The summed E-state index contributed by atoms with van der Waals surface area (Å²) in [4.78, 5) is 0. The summed E-state index contributed by atoms with van der Waals surface area (Å²) in [7, 11) is 0. The third-order valence-electron chi connectivity index (χ3n) is 0.960. The highest BCUT2D eigenvalue weighted by Crippen LogP contribution is 2.09. The summed E-state index contributed by atoms with van der Waals surface area (Å²) >= 11 is 0. The summed E-state index contributed by atoms with van der Waals surface area (Å²) in [6, 6.07) is 0. The van der Waals surface area contributed by atoms with Crippen molar-refractivity contribution >= 4 is 0 Å². The Hall–Kier alpha value is -0.380. The van der Waals surface area contributed by atoms with Crippen LogP contribution in [-0.4, -0.2) is 24.3 Å². The number of hydrogen-bond acceptors (Lipinski definition) is 3. The Bertz CT molecular complexity index is 95.0. The smallest absolute Gasteiger partial charge is 0.301 e. The van der Waals surface area contributed by atoms with Crippen molar-refractivity contribution in [2.24, 2.45) is 0 Å². The lowest BCUT2D eigenvalue weighted by atomic mass is 10.5. The van der Waals surface area contributed by atoms with Crippen LogP contribution >= 0.6 is 0 Å². The van der Waals surface area contributed by atoms with Crippen LogP contribution in [0.3, 0.4) is 0 Å². The average molecular weight is 146 g/mol. The molecule has 0 atom stereocenters. The molecule has 0 aromatic carbocycles. The molecule has 0 radical (unpaired) electrons. The molecule has 0 aromatic heterocycles. The first-order valence-corrected chi connectivity index (χ1v) is 3.32. The molecule has 0 aliphatic rings. The Kier molecular flexibility index (Phi) is 4.27. The van der Waals surface area contributed by atoms with E-state index in [1.165, 1.54) is 6.08 Å². The number of aliphatic hydroxyl groups is 1. The summed E-state index contributed by atoms with van der Waals surface area (Å²) in [6.07, 6.45) is 1.22. The fraction of sp³-hybridized carbons (Fsp3) is 0.714. The second-order valence-corrected chi connectivity index (χ2v) is 1.70. The Labute approximate surface area is 61.3 Å². The Morgan fingerprint density at radius 3 is 2.00 bits per heavy atom. The molecular formula is C7H14O3. The topological polar surface area (TPSA) is 38.7 Å². The van der Waals surface area contributed by atoms with Gasteiger partial charge in [-0.15, -0.1) is 0 Å². The van der Waals surface area contributed by atoms with Crippen molar-refractivity contribution in [3.05, 3.63) is 12.7 Å². The maximum atomic E-state index is 9.26. The second-order valence-electron chi connectivity index (χ2n) is 1.70. The molecular weight excluding hydrogens is 132 g/mol. The highest BCUT2D eigenvalue weighted by molar-refractivity contribution is 4.78. The van der Waals surface area contributed by atoms with E-state index in [0.717, 1.165) is 0 Å². The Morgan fingerprint density at radius 2 is 1.80 bits per heavy atom. The first kappa shape index (κ1) is 9.62. The van der Waals surface area contributed by atoms with Crippen LogP contribution in [0, 0.1) is 0 Å². The molecule has 0 bridgehead atoms. The van der Waals surface area contributed by atoms with Gasteiger partial charge in [-0.3, -0.25) is 0 Å². The van der Waals surface area contributed by atoms with Gasteiger partial charge in [0.25, 0.3) is 0 Å². The standard InChI is InChI=1S/C7H14O3/c1-4-7(8,9-5-2)10-6-3/h4,8H,1,5-6H2,2-3H3. The third-order valence-corrected chi connectivity index (χ3v) is 0.960. The molecule has 10 heavy (non-hydrogen) atoms. The van der Waals surface area contributed by atoms with E-state index in [4.69, 9.17) is 9.47 Å². The SMILES string of the molecule is C=CC(O)(OCC)OCC. The summed E-state index contributed by atoms with van der Waals surface area (Å²) in [5.74, 6) is -1.59. The molecule has 0 aliphatic heterocycles. The molecule has 0 heterocycles. The van der Waals surface area contributed by atoms with E-state index in [0.29, 0.717) is 13.2 Å². The predicted octanol–water partition coefficient (Wildman–Crippen LogP) is 0.891. The molecule has 0 saturated carbocycles. The van der Waals surface area contributed by atoms with Gasteiger partial charge in [0.15, 0.2) is 0 Å². The minimum Gasteiger partial charge on any atom is -0.340 e. The van der Waals surface area contributed by atoms with Crippen LogP contribution in [0.5, 0.6) is 0 Å². The van der Waals surface area contributed by atoms with Gasteiger partial charge in [-0.1, -0.05) is 6.58 Å². The lowest BCUT2D eigenvalue weighted by molar-refractivity contribution is -0.324. The Balaban J connectivity index is 3.81.